The zero-order chi connectivity index (χ0) is 59.3. The van der Waals surface area contributed by atoms with Crippen LogP contribution in [0.5, 0.6) is 5.75 Å². The lowest BCUT2D eigenvalue weighted by molar-refractivity contribution is -0.163. The summed E-state index contributed by atoms with van der Waals surface area (Å²) in [5, 5.41) is 30.2. The third kappa shape index (κ3) is 16.9. The van der Waals surface area contributed by atoms with E-state index in [-0.39, 0.29) is 57.0 Å². The maximum absolute atomic E-state index is 15.0. The molecule has 1 aromatic rings. The van der Waals surface area contributed by atoms with Crippen LogP contribution in [0.1, 0.15) is 133 Å². The summed E-state index contributed by atoms with van der Waals surface area (Å²) in [6, 6.07) is -2.19. The van der Waals surface area contributed by atoms with Gasteiger partial charge in [-0.3, -0.25) is 43.2 Å². The highest BCUT2D eigenvalue weighted by Crippen LogP contribution is 2.27. The van der Waals surface area contributed by atoms with Gasteiger partial charge < -0.3 is 60.0 Å². The summed E-state index contributed by atoms with van der Waals surface area (Å²) >= 11 is 0. The Morgan fingerprint density at radius 2 is 1.49 bits per heavy atom. The van der Waals surface area contributed by atoms with E-state index >= 15 is 4.79 Å². The topological polar surface area (TPSA) is 288 Å². The minimum Gasteiger partial charge on any atom is -0.497 e. The highest BCUT2D eigenvalue weighted by molar-refractivity contribution is 6.05. The molecule has 3 saturated heterocycles. The molecule has 3 aliphatic rings. The first-order valence-electron chi connectivity index (χ1n) is 28.0. The predicted molar refractivity (Wildman–Crippen MR) is 290 cm³/mol. The Hall–Kier alpha value is -6.16. The maximum atomic E-state index is 15.0. The van der Waals surface area contributed by atoms with Crippen LogP contribution >= 0.6 is 0 Å². The van der Waals surface area contributed by atoms with Gasteiger partial charge in [0.2, 0.25) is 35.4 Å². The molecule has 1 unspecified atom stereocenters. The van der Waals surface area contributed by atoms with Crippen molar-refractivity contribution in [2.24, 2.45) is 29.6 Å². The summed E-state index contributed by atoms with van der Waals surface area (Å²) in [5.74, 6) is -10.3. The van der Waals surface area contributed by atoms with Crippen LogP contribution in [-0.4, -0.2) is 190 Å². The van der Waals surface area contributed by atoms with Gasteiger partial charge in [0.25, 0.3) is 5.91 Å². The number of carbonyl (C=O) groups is 10. The smallest absolute Gasteiger partial charge is 0.329 e. The molecule has 1 aromatic carbocycles. The number of likely N-dealkylation sites (tertiary alicyclic amines) is 1. The molecule has 3 aliphatic heterocycles. The van der Waals surface area contributed by atoms with Crippen LogP contribution in [0.4, 0.5) is 0 Å². The summed E-state index contributed by atoms with van der Waals surface area (Å²) in [7, 11) is 4.29. The molecule has 7 amide bonds. The second-order valence-electron chi connectivity index (χ2n) is 23.0. The van der Waals surface area contributed by atoms with Crippen molar-refractivity contribution in [2.45, 2.75) is 201 Å². The fourth-order valence-electron chi connectivity index (χ4n) is 10.5. The lowest BCUT2D eigenvalue weighted by Crippen LogP contribution is -2.62. The number of ether oxygens (including phenoxy) is 3. The quantitative estimate of drug-likeness (QED) is 0.124. The lowest BCUT2D eigenvalue weighted by Gasteiger charge is -2.36. The number of rotatable bonds is 15. The number of esters is 2. The van der Waals surface area contributed by atoms with Crippen molar-refractivity contribution in [3.05, 3.63) is 29.8 Å². The Balaban J connectivity index is 1.89. The third-order valence-electron chi connectivity index (χ3n) is 15.5. The largest absolute Gasteiger partial charge is 0.497 e. The van der Waals surface area contributed by atoms with Crippen LogP contribution in [0.2, 0.25) is 0 Å². The molecule has 13 atom stereocenters. The van der Waals surface area contributed by atoms with Gasteiger partial charge in [-0.2, -0.15) is 0 Å². The summed E-state index contributed by atoms with van der Waals surface area (Å²) in [6.45, 7) is 18.4. The van der Waals surface area contributed by atoms with Crippen molar-refractivity contribution in [1.82, 2.24) is 35.6 Å². The van der Waals surface area contributed by atoms with Crippen LogP contribution in [0, 0.1) is 29.6 Å². The molecule has 0 spiro atoms. The molecular formula is C57H89N7O15. The van der Waals surface area contributed by atoms with Gasteiger partial charge in [0, 0.05) is 33.6 Å². The number of likely N-dealkylation sites (N-methyl/N-ethyl adjacent to an activating group) is 2. The molecule has 0 aromatic heterocycles. The van der Waals surface area contributed by atoms with Gasteiger partial charge in [-0.05, 0) is 101 Å². The summed E-state index contributed by atoms with van der Waals surface area (Å²) in [4.78, 5) is 149. The van der Waals surface area contributed by atoms with E-state index in [2.05, 4.69) is 16.0 Å². The molecule has 0 radical (unpaired) electrons. The highest BCUT2D eigenvalue weighted by atomic mass is 16.6. The number of aliphatic hydroxyl groups is 2. The van der Waals surface area contributed by atoms with Crippen LogP contribution in [0.25, 0.3) is 0 Å². The van der Waals surface area contributed by atoms with E-state index < -0.39 is 150 Å². The Morgan fingerprint density at radius 1 is 0.861 bits per heavy atom. The van der Waals surface area contributed by atoms with E-state index in [1.54, 1.807) is 52.0 Å². The minimum atomic E-state index is -1.76. The number of ketones is 1. The molecule has 22 heteroatoms. The number of aliphatic hydroxyl groups excluding tert-OH is 2. The Labute approximate surface area is 465 Å². The van der Waals surface area contributed by atoms with E-state index in [4.69, 9.17) is 14.2 Å². The van der Waals surface area contributed by atoms with Crippen LogP contribution in [0.15, 0.2) is 24.3 Å². The number of hydrogen-bond donors (Lipinski definition) is 5. The third-order valence-corrected chi connectivity index (χ3v) is 15.5. The molecule has 3 heterocycles. The first-order valence-corrected chi connectivity index (χ1v) is 28.0. The molecule has 0 saturated carbocycles. The molecular weight excluding hydrogens is 1020 g/mol. The van der Waals surface area contributed by atoms with Crippen molar-refractivity contribution in [1.29, 1.82) is 0 Å². The van der Waals surface area contributed by atoms with Crippen LogP contribution in [0.3, 0.4) is 0 Å². The predicted octanol–water partition coefficient (Wildman–Crippen LogP) is 2.32. The number of carbonyl (C=O) groups excluding carboxylic acids is 10. The molecule has 22 nitrogen and oxygen atoms in total. The molecule has 0 aliphatic carbocycles. The molecule has 4 rings (SSSR count). The first kappa shape index (κ1) is 65.4. The van der Waals surface area contributed by atoms with Gasteiger partial charge in [-0.25, -0.2) is 4.79 Å². The fourth-order valence-corrected chi connectivity index (χ4v) is 10.5. The number of Topliss-reactive ketones (excluding diaryl/α,β-unsaturated/α-hetero) is 1. The number of nitrogens with zero attached hydrogens (tertiary/aromatic N) is 4. The van der Waals surface area contributed by atoms with Gasteiger partial charge in [0.1, 0.15) is 54.2 Å². The zero-order valence-corrected chi connectivity index (χ0v) is 48.8. The highest BCUT2D eigenvalue weighted by Gasteiger charge is 2.46. The minimum absolute atomic E-state index is 0.0720. The lowest BCUT2D eigenvalue weighted by atomic mass is 9.91. The molecule has 0 bridgehead atoms. The maximum Gasteiger partial charge on any atom is 0.329 e. The molecule has 3 fully saturated rings. The Bertz CT molecular complexity index is 2330. The van der Waals surface area contributed by atoms with E-state index in [1.165, 1.54) is 61.6 Å². The number of fused-ring (bicyclic) bond motifs is 1. The number of nitrogens with one attached hydrogen (secondary N) is 3. The fraction of sp³-hybridized carbons (Fsp3) is 0.719. The van der Waals surface area contributed by atoms with Gasteiger partial charge >= 0.3 is 11.9 Å². The van der Waals surface area contributed by atoms with Crippen molar-refractivity contribution in [3.63, 3.8) is 0 Å². The van der Waals surface area contributed by atoms with Gasteiger partial charge in [-0.1, -0.05) is 73.9 Å². The normalized spacial score (nSPS) is 27.7. The van der Waals surface area contributed by atoms with E-state index in [0.29, 0.717) is 30.6 Å². The van der Waals surface area contributed by atoms with Gasteiger partial charge in [0.05, 0.1) is 31.6 Å². The van der Waals surface area contributed by atoms with Crippen molar-refractivity contribution >= 4 is 59.1 Å². The standard InChI is InChI=1S/C57H89N7O15/c1-15-33(8)46-44(66)29-45(67)79-49(32(6)7)48(68)34(9)50(69)58-39(26-30(2)3)54(73)64-25-17-19-41(64)56(75)62(13)43(28-37-20-22-38(77-14)23-21-37)57(76)78-36(11)47(52(71)59-46)60-51(70)42(27-31(4)5)61(12)55(74)40-18-16-24-63(40)53(72)35(10)65/h20-23,30-36,39-44,46-47,49,65-66H,15-19,24-29H2,1-14H3,(H,58,69)(H,59,71)(H,60,70)/t33-,34-,35-,36+,39-,40-,41-,42+,43?,44-,46+,47-,49-/m0/s1. The van der Waals surface area contributed by atoms with Crippen LogP contribution in [-0.2, 0) is 63.8 Å². The van der Waals surface area contributed by atoms with Crippen LogP contribution < -0.4 is 20.7 Å². The van der Waals surface area contributed by atoms with Gasteiger partial charge in [-0.15, -0.1) is 0 Å². The number of methoxy groups -OCH3 is 1. The molecule has 5 N–H and O–H groups in total. The van der Waals surface area contributed by atoms with Crippen molar-refractivity contribution in [3.8, 4) is 5.75 Å². The summed E-state index contributed by atoms with van der Waals surface area (Å²) < 4.78 is 17.2. The number of cyclic esters (lactones) is 2. The molecule has 442 valence electrons. The molecule has 79 heavy (non-hydrogen) atoms. The van der Waals surface area contributed by atoms with Crippen molar-refractivity contribution < 1.29 is 72.4 Å². The summed E-state index contributed by atoms with van der Waals surface area (Å²) in [5.41, 5.74) is 0.571. The Morgan fingerprint density at radius 3 is 2.06 bits per heavy atom. The van der Waals surface area contributed by atoms with E-state index in [9.17, 15) is 53.4 Å². The monoisotopic (exact) mass is 1110 g/mol. The SMILES string of the molecule is CC[C@H](C)[C@H]1NC(=O)[C@@H](NC(=O)[C@@H](CC(C)C)N(C)C(=O)[C@@H]2CCCN2C(=O)[C@H](C)O)[C@@H](C)OC(=O)C(Cc2ccc(OC)cc2)N(C)C(=O)[C@@H]2CCCN2C(=O)[C@H](CC(C)C)NC(=O)[C@@H](C)C(=O)[C@H](C(C)C)OC(=O)C[C@@H]1O. The average molecular weight is 1110 g/mol. The van der Waals surface area contributed by atoms with Crippen molar-refractivity contribution in [2.75, 3.05) is 34.3 Å². The second-order valence-corrected chi connectivity index (χ2v) is 23.0. The number of hydrogen-bond acceptors (Lipinski definition) is 15. The Kier molecular flexibility index (Phi) is 24.3. The first-order chi connectivity index (χ1) is 37.0. The van der Waals surface area contributed by atoms with E-state index in [1.807, 2.05) is 27.7 Å². The summed E-state index contributed by atoms with van der Waals surface area (Å²) in [6.07, 6.45) is -4.99. The number of benzene rings is 1. The zero-order valence-electron chi connectivity index (χ0n) is 48.8. The second kappa shape index (κ2) is 29.3. The van der Waals surface area contributed by atoms with Gasteiger partial charge in [0.15, 0.2) is 11.9 Å². The van der Waals surface area contributed by atoms with E-state index in [0.717, 1.165) is 0 Å². The average Bonchev–Trinajstić information content (AvgIpc) is 4.13. The number of amides is 7.